The lowest BCUT2D eigenvalue weighted by Gasteiger charge is -2.27. The van der Waals surface area contributed by atoms with Crippen LogP contribution in [0.5, 0.6) is 0 Å². The van der Waals surface area contributed by atoms with E-state index in [4.69, 9.17) is 4.42 Å². The van der Waals surface area contributed by atoms with Crippen molar-refractivity contribution in [3.05, 3.63) is 52.8 Å². The molecule has 180 valence electrons. The van der Waals surface area contributed by atoms with Gasteiger partial charge in [0.15, 0.2) is 5.76 Å². The monoisotopic (exact) mass is 464 g/mol. The first-order valence-electron chi connectivity index (χ1n) is 12.1. The average molecular weight is 465 g/mol. The van der Waals surface area contributed by atoms with Gasteiger partial charge in [0.1, 0.15) is 11.8 Å². The van der Waals surface area contributed by atoms with Gasteiger partial charge in [-0.15, -0.1) is 0 Å². The number of oxazole rings is 1. The molecule has 8 nitrogen and oxygen atoms in total. The summed E-state index contributed by atoms with van der Waals surface area (Å²) < 4.78 is 7.66. The van der Waals surface area contributed by atoms with E-state index in [1.807, 2.05) is 37.3 Å². The number of carbonyl (C=O) groups excluding carboxylic acids is 2. The third-order valence-electron chi connectivity index (χ3n) is 6.53. The molecule has 1 saturated heterocycles. The Balaban J connectivity index is 1.53. The molecule has 0 unspecified atom stereocenters. The molecule has 0 bridgehead atoms. The van der Waals surface area contributed by atoms with Gasteiger partial charge in [0.2, 0.25) is 11.8 Å². The summed E-state index contributed by atoms with van der Waals surface area (Å²) >= 11 is 0. The minimum Gasteiger partial charge on any atom is -0.438 e. The highest BCUT2D eigenvalue weighted by Crippen LogP contribution is 2.26. The molecule has 1 aliphatic heterocycles. The number of pyridine rings is 1. The summed E-state index contributed by atoms with van der Waals surface area (Å²) in [5.41, 5.74) is 1.12. The largest absolute Gasteiger partial charge is 0.438 e. The lowest BCUT2D eigenvalue weighted by atomic mass is 10.0. The molecule has 0 radical (unpaired) electrons. The maximum absolute atomic E-state index is 13.0. The van der Waals surface area contributed by atoms with E-state index in [2.05, 4.69) is 15.6 Å². The smallest absolute Gasteiger partial charge is 0.261 e. The summed E-state index contributed by atoms with van der Waals surface area (Å²) in [6, 6.07) is 9.12. The highest BCUT2D eigenvalue weighted by atomic mass is 16.4. The molecule has 2 N–H and O–H groups in total. The molecule has 0 aliphatic carbocycles. The molecule has 1 aromatic carbocycles. The SMILES string of the molecule is CCC(=O)CCCCC[C@H](NC(=O)C1CNC1)c1ncc(-c2cc3ccccc3n(C)c2=O)o1. The molecule has 1 fully saturated rings. The van der Waals surface area contributed by atoms with Gasteiger partial charge in [-0.25, -0.2) is 4.98 Å². The molecular formula is C26H32N4O4. The van der Waals surface area contributed by atoms with Crippen LogP contribution in [0.15, 0.2) is 45.7 Å². The quantitative estimate of drug-likeness (QED) is 0.421. The number of unbranched alkanes of at least 4 members (excludes halogenated alkanes) is 2. The zero-order valence-electron chi connectivity index (χ0n) is 19.8. The number of para-hydroxylation sites is 1. The number of carbonyl (C=O) groups is 2. The zero-order valence-corrected chi connectivity index (χ0v) is 19.8. The molecule has 1 aliphatic rings. The van der Waals surface area contributed by atoms with Crippen LogP contribution in [0.1, 0.15) is 57.4 Å². The lowest BCUT2D eigenvalue weighted by molar-refractivity contribution is -0.127. The Bertz CT molecular complexity index is 1230. The summed E-state index contributed by atoms with van der Waals surface area (Å²) in [4.78, 5) is 41.6. The fourth-order valence-corrected chi connectivity index (χ4v) is 4.22. The second-order valence-electron chi connectivity index (χ2n) is 8.95. The van der Waals surface area contributed by atoms with Crippen LogP contribution in [0.4, 0.5) is 0 Å². The lowest BCUT2D eigenvalue weighted by Crippen LogP contribution is -2.51. The highest BCUT2D eigenvalue weighted by molar-refractivity contribution is 5.83. The van der Waals surface area contributed by atoms with Gasteiger partial charge in [0, 0.05) is 33.0 Å². The Morgan fingerprint density at radius 1 is 1.24 bits per heavy atom. The topological polar surface area (TPSA) is 106 Å². The highest BCUT2D eigenvalue weighted by Gasteiger charge is 2.29. The average Bonchev–Trinajstić information content (AvgIpc) is 3.29. The van der Waals surface area contributed by atoms with Crippen LogP contribution >= 0.6 is 0 Å². The summed E-state index contributed by atoms with van der Waals surface area (Å²) in [5.74, 6) is 0.991. The van der Waals surface area contributed by atoms with Gasteiger partial charge < -0.3 is 19.6 Å². The Morgan fingerprint density at radius 3 is 2.76 bits per heavy atom. The van der Waals surface area contributed by atoms with Crippen molar-refractivity contribution in [3.63, 3.8) is 0 Å². The fourth-order valence-electron chi connectivity index (χ4n) is 4.22. The van der Waals surface area contributed by atoms with Crippen molar-refractivity contribution in [3.8, 4) is 11.3 Å². The van der Waals surface area contributed by atoms with Crippen molar-refractivity contribution in [1.29, 1.82) is 0 Å². The van der Waals surface area contributed by atoms with E-state index in [0.29, 0.717) is 49.6 Å². The summed E-state index contributed by atoms with van der Waals surface area (Å²) in [5, 5.41) is 7.13. The molecule has 34 heavy (non-hydrogen) atoms. The normalized spacial score (nSPS) is 14.6. The molecule has 3 aromatic rings. The van der Waals surface area contributed by atoms with E-state index in [0.717, 1.165) is 30.2 Å². The number of aryl methyl sites for hydroxylation is 1. The predicted octanol–water partition coefficient (Wildman–Crippen LogP) is 3.50. The van der Waals surface area contributed by atoms with Crippen LogP contribution in [0, 0.1) is 5.92 Å². The molecule has 4 rings (SSSR count). The number of hydrogen-bond acceptors (Lipinski definition) is 6. The van der Waals surface area contributed by atoms with Gasteiger partial charge in [0.05, 0.1) is 23.2 Å². The number of hydrogen-bond donors (Lipinski definition) is 2. The first-order chi connectivity index (χ1) is 16.5. The molecular weight excluding hydrogens is 432 g/mol. The van der Waals surface area contributed by atoms with Crippen LogP contribution in [-0.2, 0) is 16.6 Å². The maximum atomic E-state index is 13.0. The van der Waals surface area contributed by atoms with Gasteiger partial charge in [0.25, 0.3) is 5.56 Å². The van der Waals surface area contributed by atoms with Crippen molar-refractivity contribution in [2.24, 2.45) is 13.0 Å². The molecule has 2 aromatic heterocycles. The first kappa shape index (κ1) is 23.9. The van der Waals surface area contributed by atoms with Gasteiger partial charge in [-0.1, -0.05) is 38.0 Å². The van der Waals surface area contributed by atoms with Crippen molar-refractivity contribution in [2.75, 3.05) is 13.1 Å². The summed E-state index contributed by atoms with van der Waals surface area (Å²) in [6.07, 6.45) is 5.94. The second kappa shape index (κ2) is 10.8. The standard InChI is InChI=1S/C26H32N4O4/c1-3-19(31)10-5-4-6-11-21(29-24(32)18-14-27-15-18)25-28-16-23(34-25)20-13-17-9-7-8-12-22(17)30(2)26(20)33/h7-9,12-13,16,18,21,27H,3-6,10-11,14-15H2,1-2H3,(H,29,32)/t21-/m0/s1. The van der Waals surface area contributed by atoms with E-state index in [9.17, 15) is 14.4 Å². The molecule has 0 saturated carbocycles. The van der Waals surface area contributed by atoms with Crippen LogP contribution in [0.25, 0.3) is 22.2 Å². The molecule has 8 heteroatoms. The van der Waals surface area contributed by atoms with Crippen LogP contribution in [0.3, 0.4) is 0 Å². The number of nitrogens with zero attached hydrogens (tertiary/aromatic N) is 2. The number of amides is 1. The third-order valence-corrected chi connectivity index (χ3v) is 6.53. The van der Waals surface area contributed by atoms with E-state index in [-0.39, 0.29) is 29.2 Å². The second-order valence-corrected chi connectivity index (χ2v) is 8.95. The summed E-state index contributed by atoms with van der Waals surface area (Å²) in [7, 11) is 1.74. The maximum Gasteiger partial charge on any atom is 0.261 e. The van der Waals surface area contributed by atoms with Gasteiger partial charge in [-0.05, 0) is 30.4 Å². The Labute approximate surface area is 198 Å². The molecule has 3 heterocycles. The molecule has 1 amide bonds. The number of Topliss-reactive ketones (excluding diaryl/α,β-unsaturated/α-hetero) is 1. The Hall–Kier alpha value is -3.26. The van der Waals surface area contributed by atoms with Crippen LogP contribution in [0.2, 0.25) is 0 Å². The van der Waals surface area contributed by atoms with E-state index in [1.54, 1.807) is 17.8 Å². The van der Waals surface area contributed by atoms with Crippen LogP contribution < -0.4 is 16.2 Å². The van der Waals surface area contributed by atoms with Crippen molar-refractivity contribution in [2.45, 2.75) is 51.5 Å². The third kappa shape index (κ3) is 5.28. The van der Waals surface area contributed by atoms with Crippen molar-refractivity contribution in [1.82, 2.24) is 20.2 Å². The summed E-state index contributed by atoms with van der Waals surface area (Å²) in [6.45, 7) is 3.22. The number of fused-ring (bicyclic) bond motifs is 1. The molecule has 1 atom stereocenters. The van der Waals surface area contributed by atoms with E-state index in [1.165, 1.54) is 0 Å². The first-order valence-corrected chi connectivity index (χ1v) is 12.1. The van der Waals surface area contributed by atoms with Crippen molar-refractivity contribution >= 4 is 22.6 Å². The minimum absolute atomic E-state index is 0.0220. The zero-order chi connectivity index (χ0) is 24.1. The Kier molecular flexibility index (Phi) is 7.57. The van der Waals surface area contributed by atoms with Gasteiger partial charge in [-0.3, -0.25) is 14.4 Å². The predicted molar refractivity (Wildman–Crippen MR) is 130 cm³/mol. The number of ketones is 1. The van der Waals surface area contributed by atoms with Crippen molar-refractivity contribution < 1.29 is 14.0 Å². The fraction of sp³-hybridized carbons (Fsp3) is 0.462. The van der Waals surface area contributed by atoms with Gasteiger partial charge >= 0.3 is 0 Å². The number of rotatable bonds is 11. The molecule has 0 spiro atoms. The van der Waals surface area contributed by atoms with E-state index < -0.39 is 0 Å². The number of aromatic nitrogens is 2. The minimum atomic E-state index is -0.381. The van der Waals surface area contributed by atoms with Gasteiger partial charge in [-0.2, -0.15) is 0 Å². The number of nitrogens with one attached hydrogen (secondary N) is 2. The van der Waals surface area contributed by atoms with E-state index >= 15 is 0 Å². The Morgan fingerprint density at radius 2 is 2.03 bits per heavy atom. The van der Waals surface area contributed by atoms with Crippen LogP contribution in [-0.4, -0.2) is 34.3 Å². The number of benzene rings is 1.